The number of carbonyl (C=O) groups is 2. The zero-order valence-corrected chi connectivity index (χ0v) is 24.7. The van der Waals surface area contributed by atoms with Gasteiger partial charge in [-0.3, -0.25) is 13.9 Å². The van der Waals surface area contributed by atoms with Gasteiger partial charge in [0, 0.05) is 19.2 Å². The van der Waals surface area contributed by atoms with Gasteiger partial charge in [-0.1, -0.05) is 44.2 Å². The van der Waals surface area contributed by atoms with Gasteiger partial charge in [-0.25, -0.2) is 12.8 Å². The molecular weight excluding hydrogens is 549 g/mol. The molecule has 0 spiro atoms. The molecule has 0 saturated heterocycles. The summed E-state index contributed by atoms with van der Waals surface area (Å²) in [6, 6.07) is 17.0. The summed E-state index contributed by atoms with van der Waals surface area (Å²) in [5.41, 5.74) is 0.839. The molecule has 2 amide bonds. The van der Waals surface area contributed by atoms with Gasteiger partial charge in [0.1, 0.15) is 18.4 Å². The zero-order chi connectivity index (χ0) is 30.2. The van der Waals surface area contributed by atoms with Crippen LogP contribution in [0.5, 0.6) is 11.5 Å². The van der Waals surface area contributed by atoms with Crippen LogP contribution in [-0.4, -0.2) is 58.5 Å². The Bertz CT molecular complexity index is 1430. The van der Waals surface area contributed by atoms with Crippen LogP contribution in [0.3, 0.4) is 0 Å². The Balaban J connectivity index is 2.04. The number of ether oxygens (including phenoxy) is 2. The monoisotopic (exact) mass is 585 g/mol. The largest absolute Gasteiger partial charge is 0.493 e. The lowest BCUT2D eigenvalue weighted by atomic mass is 10.1. The van der Waals surface area contributed by atoms with E-state index in [1.54, 1.807) is 6.92 Å². The lowest BCUT2D eigenvalue weighted by Crippen LogP contribution is -2.51. The minimum absolute atomic E-state index is 0.0730. The minimum Gasteiger partial charge on any atom is -0.493 e. The van der Waals surface area contributed by atoms with Gasteiger partial charge < -0.3 is 19.7 Å². The van der Waals surface area contributed by atoms with Crippen molar-refractivity contribution in [2.24, 2.45) is 5.92 Å². The van der Waals surface area contributed by atoms with Crippen molar-refractivity contribution in [1.29, 1.82) is 0 Å². The second kappa shape index (κ2) is 14.0. The summed E-state index contributed by atoms with van der Waals surface area (Å²) in [5.74, 6) is -0.838. The molecule has 220 valence electrons. The number of methoxy groups -OCH3 is 2. The van der Waals surface area contributed by atoms with Gasteiger partial charge in [-0.2, -0.15) is 0 Å². The Morgan fingerprint density at radius 3 is 2.12 bits per heavy atom. The predicted molar refractivity (Wildman–Crippen MR) is 155 cm³/mol. The van der Waals surface area contributed by atoms with Crippen molar-refractivity contribution in [1.82, 2.24) is 10.2 Å². The highest BCUT2D eigenvalue weighted by molar-refractivity contribution is 7.92. The van der Waals surface area contributed by atoms with E-state index in [1.165, 1.54) is 49.5 Å². The van der Waals surface area contributed by atoms with E-state index in [9.17, 15) is 22.4 Å². The SMILES string of the molecule is COc1ccc(S(=O)(=O)N(CC(=O)N(Cc2ccccc2)C(C)C(=O)NCC(C)C)c2ccc(F)cc2)cc1OC. The van der Waals surface area contributed by atoms with Gasteiger partial charge >= 0.3 is 0 Å². The Kier molecular flexibility index (Phi) is 10.7. The van der Waals surface area contributed by atoms with E-state index in [2.05, 4.69) is 5.32 Å². The maximum Gasteiger partial charge on any atom is 0.264 e. The maximum atomic E-state index is 14.0. The standard InChI is InChI=1S/C30H36FN3O6S/c1-21(2)18-32-30(36)22(3)33(19-23-9-7-6-8-10-23)29(35)20-34(25-13-11-24(31)12-14-25)41(37,38)26-15-16-27(39-4)28(17-26)40-5/h6-17,21-22H,18-20H2,1-5H3,(H,32,36). The molecule has 41 heavy (non-hydrogen) atoms. The molecule has 0 aromatic heterocycles. The highest BCUT2D eigenvalue weighted by atomic mass is 32.2. The average Bonchev–Trinajstić information content (AvgIpc) is 2.97. The van der Waals surface area contributed by atoms with Crippen LogP contribution in [0.1, 0.15) is 26.3 Å². The number of hydrogen-bond donors (Lipinski definition) is 1. The molecule has 0 radical (unpaired) electrons. The average molecular weight is 586 g/mol. The number of benzene rings is 3. The Morgan fingerprint density at radius 1 is 0.902 bits per heavy atom. The quantitative estimate of drug-likeness (QED) is 0.322. The number of nitrogens with one attached hydrogen (secondary N) is 1. The molecule has 1 N–H and O–H groups in total. The fourth-order valence-corrected chi connectivity index (χ4v) is 5.49. The summed E-state index contributed by atoms with van der Waals surface area (Å²) >= 11 is 0. The van der Waals surface area contributed by atoms with E-state index >= 15 is 0 Å². The third-order valence-electron chi connectivity index (χ3n) is 6.38. The number of hydrogen-bond acceptors (Lipinski definition) is 6. The van der Waals surface area contributed by atoms with Crippen LogP contribution < -0.4 is 19.1 Å². The molecule has 0 fully saturated rings. The first kappa shape index (κ1) is 31.4. The normalized spacial score (nSPS) is 12.0. The van der Waals surface area contributed by atoms with Gasteiger partial charge in [0.25, 0.3) is 10.0 Å². The molecule has 3 aromatic carbocycles. The Morgan fingerprint density at radius 2 is 1.54 bits per heavy atom. The Hall–Kier alpha value is -4.12. The van der Waals surface area contributed by atoms with Gasteiger partial charge in [-0.15, -0.1) is 0 Å². The number of halogens is 1. The summed E-state index contributed by atoms with van der Waals surface area (Å²) in [5, 5.41) is 2.84. The summed E-state index contributed by atoms with van der Waals surface area (Å²) in [6.07, 6.45) is 0. The van der Waals surface area contributed by atoms with E-state index in [4.69, 9.17) is 9.47 Å². The lowest BCUT2D eigenvalue weighted by Gasteiger charge is -2.32. The van der Waals surface area contributed by atoms with Gasteiger partial charge in [0.05, 0.1) is 24.8 Å². The zero-order valence-electron chi connectivity index (χ0n) is 23.8. The minimum atomic E-state index is -4.37. The molecule has 1 unspecified atom stereocenters. The predicted octanol–water partition coefficient (Wildman–Crippen LogP) is 4.23. The maximum absolute atomic E-state index is 14.0. The summed E-state index contributed by atoms with van der Waals surface area (Å²) in [6.45, 7) is 5.36. The molecular formula is C30H36FN3O6S. The highest BCUT2D eigenvalue weighted by Crippen LogP contribution is 2.32. The molecule has 9 nitrogen and oxygen atoms in total. The van der Waals surface area contributed by atoms with Gasteiger partial charge in [-0.05, 0) is 54.8 Å². The summed E-state index contributed by atoms with van der Waals surface area (Å²) < 4.78 is 53.1. The van der Waals surface area contributed by atoms with Crippen LogP contribution >= 0.6 is 0 Å². The highest BCUT2D eigenvalue weighted by Gasteiger charge is 2.33. The molecule has 0 bridgehead atoms. The molecule has 3 aromatic rings. The first-order chi connectivity index (χ1) is 19.5. The number of anilines is 1. The topological polar surface area (TPSA) is 105 Å². The number of carbonyl (C=O) groups excluding carboxylic acids is 2. The van der Waals surface area contributed by atoms with Crippen LogP contribution in [-0.2, 0) is 26.2 Å². The smallest absolute Gasteiger partial charge is 0.264 e. The molecule has 0 saturated carbocycles. The van der Waals surface area contributed by atoms with E-state index in [0.29, 0.717) is 12.3 Å². The molecule has 0 heterocycles. The van der Waals surface area contributed by atoms with Crippen molar-refractivity contribution >= 4 is 27.5 Å². The third kappa shape index (κ3) is 7.97. The van der Waals surface area contributed by atoms with Crippen molar-refractivity contribution in [2.75, 3.05) is 31.6 Å². The van der Waals surface area contributed by atoms with Crippen LogP contribution in [0, 0.1) is 11.7 Å². The lowest BCUT2D eigenvalue weighted by molar-refractivity contribution is -0.139. The number of rotatable bonds is 13. The number of amides is 2. The molecule has 0 aliphatic carbocycles. The van der Waals surface area contributed by atoms with Crippen molar-refractivity contribution in [3.63, 3.8) is 0 Å². The number of sulfonamides is 1. The van der Waals surface area contributed by atoms with Gasteiger partial charge in [0.2, 0.25) is 11.8 Å². The van der Waals surface area contributed by atoms with Crippen LogP contribution in [0.15, 0.2) is 77.7 Å². The van der Waals surface area contributed by atoms with Crippen molar-refractivity contribution in [2.45, 2.75) is 38.3 Å². The number of nitrogens with zero attached hydrogens (tertiary/aromatic N) is 2. The fraction of sp³-hybridized carbons (Fsp3) is 0.333. The van der Waals surface area contributed by atoms with Crippen LogP contribution in [0.25, 0.3) is 0 Å². The Labute approximate surface area is 240 Å². The van der Waals surface area contributed by atoms with Crippen LogP contribution in [0.4, 0.5) is 10.1 Å². The third-order valence-corrected chi connectivity index (χ3v) is 8.15. The van der Waals surface area contributed by atoms with Crippen molar-refractivity contribution in [3.8, 4) is 11.5 Å². The van der Waals surface area contributed by atoms with E-state index in [-0.39, 0.29) is 34.7 Å². The van der Waals surface area contributed by atoms with Crippen molar-refractivity contribution < 1.29 is 31.9 Å². The second-order valence-electron chi connectivity index (χ2n) is 9.83. The first-order valence-corrected chi connectivity index (χ1v) is 14.5. The van der Waals surface area contributed by atoms with E-state index < -0.39 is 34.3 Å². The molecule has 0 aliphatic rings. The van der Waals surface area contributed by atoms with Crippen molar-refractivity contribution in [3.05, 3.63) is 84.2 Å². The molecule has 11 heteroatoms. The summed E-state index contributed by atoms with van der Waals surface area (Å²) in [7, 11) is -1.56. The molecule has 3 rings (SSSR count). The van der Waals surface area contributed by atoms with Gasteiger partial charge in [0.15, 0.2) is 11.5 Å². The van der Waals surface area contributed by atoms with E-state index in [1.807, 2.05) is 44.2 Å². The molecule has 1 atom stereocenters. The van der Waals surface area contributed by atoms with E-state index in [0.717, 1.165) is 22.0 Å². The fourth-order valence-electron chi connectivity index (χ4n) is 4.06. The first-order valence-electron chi connectivity index (χ1n) is 13.1. The summed E-state index contributed by atoms with van der Waals surface area (Å²) in [4.78, 5) is 28.1. The second-order valence-corrected chi connectivity index (χ2v) is 11.7. The van der Waals surface area contributed by atoms with Crippen LogP contribution in [0.2, 0.25) is 0 Å². The molecule has 0 aliphatic heterocycles.